The van der Waals surface area contributed by atoms with Crippen LogP contribution in [0.25, 0.3) is 16.8 Å². The molecule has 0 aliphatic heterocycles. The van der Waals surface area contributed by atoms with Crippen molar-refractivity contribution in [2.24, 2.45) is 0 Å². The van der Waals surface area contributed by atoms with E-state index in [2.05, 4.69) is 25.4 Å². The third-order valence-corrected chi connectivity index (χ3v) is 4.45. The highest BCUT2D eigenvalue weighted by atomic mass is 19.4. The number of amides is 1. The number of nitrogen functional groups attached to an aromatic ring is 1. The highest BCUT2D eigenvalue weighted by Gasteiger charge is 2.30. The number of aromatic nitrogens is 5. The van der Waals surface area contributed by atoms with Crippen molar-refractivity contribution in [1.29, 1.82) is 0 Å². The predicted octanol–water partition coefficient (Wildman–Crippen LogP) is 3.35. The van der Waals surface area contributed by atoms with Crippen molar-refractivity contribution in [1.82, 2.24) is 24.6 Å². The van der Waals surface area contributed by atoms with E-state index in [9.17, 15) is 18.0 Å². The number of rotatable bonds is 3. The molecule has 0 spiro atoms. The molecule has 0 aliphatic rings. The van der Waals surface area contributed by atoms with Gasteiger partial charge in [-0.1, -0.05) is 6.07 Å². The number of hydrogen-bond donors (Lipinski definition) is 2. The van der Waals surface area contributed by atoms with Crippen LogP contribution in [-0.4, -0.2) is 30.5 Å². The Morgan fingerprint density at radius 3 is 2.67 bits per heavy atom. The van der Waals surface area contributed by atoms with Crippen molar-refractivity contribution in [3.8, 4) is 11.1 Å². The zero-order chi connectivity index (χ0) is 21.5. The maximum Gasteiger partial charge on any atom is 0.416 e. The van der Waals surface area contributed by atoms with Crippen molar-refractivity contribution in [3.05, 3.63) is 65.7 Å². The van der Waals surface area contributed by atoms with Gasteiger partial charge in [0.25, 0.3) is 5.91 Å². The molecule has 4 aromatic rings. The first kappa shape index (κ1) is 19.3. The Kier molecular flexibility index (Phi) is 4.57. The first-order valence-corrected chi connectivity index (χ1v) is 8.64. The molecule has 1 amide bonds. The van der Waals surface area contributed by atoms with E-state index >= 15 is 0 Å². The van der Waals surface area contributed by atoms with E-state index in [1.165, 1.54) is 10.8 Å². The molecular formula is C19H14F3N7O. The highest BCUT2D eigenvalue weighted by molar-refractivity contribution is 6.05. The molecule has 0 atom stereocenters. The average molecular weight is 413 g/mol. The second kappa shape index (κ2) is 7.10. The number of alkyl halides is 3. The number of aryl methyl sites for hydroxylation is 1. The topological polar surface area (TPSA) is 111 Å². The van der Waals surface area contributed by atoms with E-state index in [1.54, 1.807) is 24.4 Å². The number of fused-ring (bicyclic) bond motifs is 1. The number of carbonyl (C=O) groups excluding carboxylic acids is 1. The number of pyridine rings is 1. The quantitative estimate of drug-likeness (QED) is 0.533. The molecule has 152 valence electrons. The summed E-state index contributed by atoms with van der Waals surface area (Å²) < 4.78 is 40.0. The van der Waals surface area contributed by atoms with Gasteiger partial charge in [0.05, 0.1) is 11.8 Å². The van der Waals surface area contributed by atoms with E-state index in [0.29, 0.717) is 16.8 Å². The maximum absolute atomic E-state index is 12.9. The second-order valence-electron chi connectivity index (χ2n) is 6.44. The van der Waals surface area contributed by atoms with Crippen molar-refractivity contribution < 1.29 is 18.0 Å². The van der Waals surface area contributed by atoms with Crippen molar-refractivity contribution >= 4 is 23.3 Å². The van der Waals surface area contributed by atoms with Gasteiger partial charge >= 0.3 is 6.18 Å². The first-order chi connectivity index (χ1) is 14.2. The zero-order valence-electron chi connectivity index (χ0n) is 15.5. The molecule has 3 N–H and O–H groups in total. The van der Waals surface area contributed by atoms with Gasteiger partial charge in [-0.15, -0.1) is 0 Å². The smallest absolute Gasteiger partial charge is 0.368 e. The summed E-state index contributed by atoms with van der Waals surface area (Å²) in [6.07, 6.45) is -0.686. The van der Waals surface area contributed by atoms with Crippen LogP contribution in [0.1, 0.15) is 21.5 Å². The predicted molar refractivity (Wildman–Crippen MR) is 103 cm³/mol. The Balaban J connectivity index is 1.68. The molecule has 0 saturated carbocycles. The van der Waals surface area contributed by atoms with Crippen LogP contribution in [0, 0.1) is 6.92 Å². The Morgan fingerprint density at radius 1 is 1.10 bits per heavy atom. The summed E-state index contributed by atoms with van der Waals surface area (Å²) in [5.41, 5.74) is 7.73. The number of benzene rings is 1. The fraction of sp³-hybridized carbons (Fsp3) is 0.105. The average Bonchev–Trinajstić information content (AvgIpc) is 3.13. The number of anilines is 2. The van der Waals surface area contributed by atoms with Gasteiger partial charge in [-0.25, -0.2) is 15.0 Å². The Labute approximate surface area is 167 Å². The number of hydrogen-bond acceptors (Lipinski definition) is 6. The van der Waals surface area contributed by atoms with Gasteiger partial charge < -0.3 is 11.1 Å². The number of carbonyl (C=O) groups is 1. The summed E-state index contributed by atoms with van der Waals surface area (Å²) in [4.78, 5) is 24.5. The van der Waals surface area contributed by atoms with E-state index in [0.717, 1.165) is 23.9 Å². The lowest BCUT2D eigenvalue weighted by Crippen LogP contribution is -2.14. The molecule has 8 nitrogen and oxygen atoms in total. The third-order valence-electron chi connectivity index (χ3n) is 4.45. The normalized spacial score (nSPS) is 11.6. The minimum atomic E-state index is -4.54. The SMILES string of the molecule is Cc1ccc(C(=O)Nc2cc(C(F)(F)F)ccn2)cc1-c1cnn2c(N)ncnc12. The van der Waals surface area contributed by atoms with Crippen molar-refractivity contribution in [2.45, 2.75) is 13.1 Å². The lowest BCUT2D eigenvalue weighted by molar-refractivity contribution is -0.137. The van der Waals surface area contributed by atoms with E-state index < -0.39 is 17.6 Å². The van der Waals surface area contributed by atoms with Crippen LogP contribution in [0.2, 0.25) is 0 Å². The molecular weight excluding hydrogens is 399 g/mol. The fourth-order valence-corrected chi connectivity index (χ4v) is 2.94. The molecule has 0 radical (unpaired) electrons. The summed E-state index contributed by atoms with van der Waals surface area (Å²) in [5.74, 6) is -0.643. The zero-order valence-corrected chi connectivity index (χ0v) is 15.5. The fourth-order valence-electron chi connectivity index (χ4n) is 2.94. The maximum atomic E-state index is 12.9. The first-order valence-electron chi connectivity index (χ1n) is 8.64. The summed E-state index contributed by atoms with van der Waals surface area (Å²) in [6.45, 7) is 1.85. The molecule has 1 aromatic carbocycles. The number of nitrogens with zero attached hydrogens (tertiary/aromatic N) is 5. The minimum Gasteiger partial charge on any atom is -0.368 e. The molecule has 3 heterocycles. The summed E-state index contributed by atoms with van der Waals surface area (Å²) in [6, 6.07) is 6.50. The molecule has 0 unspecified atom stereocenters. The Hall–Kier alpha value is -4.02. The van der Waals surface area contributed by atoms with Crippen LogP contribution in [0.3, 0.4) is 0 Å². The molecule has 0 bridgehead atoms. The molecule has 3 aromatic heterocycles. The summed E-state index contributed by atoms with van der Waals surface area (Å²) in [5, 5.41) is 6.55. The molecule has 0 aliphatic carbocycles. The van der Waals surface area contributed by atoms with Crippen LogP contribution >= 0.6 is 0 Å². The van der Waals surface area contributed by atoms with Crippen molar-refractivity contribution in [2.75, 3.05) is 11.1 Å². The van der Waals surface area contributed by atoms with Gasteiger partial charge in [0.15, 0.2) is 5.65 Å². The number of nitrogens with one attached hydrogen (secondary N) is 1. The molecule has 11 heteroatoms. The summed E-state index contributed by atoms with van der Waals surface area (Å²) >= 11 is 0. The largest absolute Gasteiger partial charge is 0.416 e. The molecule has 0 fully saturated rings. The third kappa shape index (κ3) is 3.52. The van der Waals surface area contributed by atoms with Crippen LogP contribution in [-0.2, 0) is 6.18 Å². The number of nitrogens with two attached hydrogens (primary N) is 1. The van der Waals surface area contributed by atoms with Gasteiger partial charge in [-0.05, 0) is 42.3 Å². The van der Waals surface area contributed by atoms with Gasteiger partial charge in [-0.3, -0.25) is 4.79 Å². The van der Waals surface area contributed by atoms with Crippen LogP contribution in [0.5, 0.6) is 0 Å². The van der Waals surface area contributed by atoms with E-state index in [1.807, 2.05) is 6.92 Å². The van der Waals surface area contributed by atoms with Gasteiger partial charge in [-0.2, -0.15) is 22.8 Å². The van der Waals surface area contributed by atoms with Gasteiger partial charge in [0.2, 0.25) is 5.95 Å². The lowest BCUT2D eigenvalue weighted by Gasteiger charge is -2.10. The van der Waals surface area contributed by atoms with Gasteiger partial charge in [0.1, 0.15) is 12.1 Å². The Morgan fingerprint density at radius 2 is 1.90 bits per heavy atom. The highest BCUT2D eigenvalue weighted by Crippen LogP contribution is 2.31. The molecule has 0 saturated heterocycles. The minimum absolute atomic E-state index is 0.161. The van der Waals surface area contributed by atoms with Crippen LogP contribution in [0.4, 0.5) is 24.9 Å². The molecule has 4 rings (SSSR count). The monoisotopic (exact) mass is 413 g/mol. The van der Waals surface area contributed by atoms with Gasteiger partial charge in [0, 0.05) is 17.3 Å². The second-order valence-corrected chi connectivity index (χ2v) is 6.44. The van der Waals surface area contributed by atoms with Crippen LogP contribution in [0.15, 0.2) is 49.1 Å². The van der Waals surface area contributed by atoms with Crippen molar-refractivity contribution in [3.63, 3.8) is 0 Å². The van der Waals surface area contributed by atoms with Crippen LogP contribution < -0.4 is 11.1 Å². The summed E-state index contributed by atoms with van der Waals surface area (Å²) in [7, 11) is 0. The Bertz CT molecular complexity index is 1270. The molecule has 30 heavy (non-hydrogen) atoms. The number of halogens is 3. The van der Waals surface area contributed by atoms with E-state index in [-0.39, 0.29) is 17.3 Å². The lowest BCUT2D eigenvalue weighted by atomic mass is 10.00. The standard InChI is InChI=1S/C19H14F3N7O/c1-10-2-3-11(17(30)28-15-7-12(4-5-24-15)19(20,21)22)6-13(10)14-8-27-29-16(14)25-9-26-18(29)23/h2-9H,1H3,(H2,23,25,26)(H,24,28,30). The van der Waals surface area contributed by atoms with E-state index in [4.69, 9.17) is 5.73 Å².